The molecule has 38 heavy (non-hydrogen) atoms. The summed E-state index contributed by atoms with van der Waals surface area (Å²) in [6.07, 6.45) is 0. The maximum absolute atomic E-state index is 5.67. The van der Waals surface area contributed by atoms with E-state index in [9.17, 15) is 0 Å². The molecule has 0 unspecified atom stereocenters. The molecule has 0 amide bonds. The van der Waals surface area contributed by atoms with Crippen LogP contribution in [0.2, 0.25) is 0 Å². The fourth-order valence-corrected chi connectivity index (χ4v) is 4.37. The number of hydrogen-bond acceptors (Lipinski definition) is 4. The van der Waals surface area contributed by atoms with Crippen LogP contribution in [-0.4, -0.2) is 31.1 Å². The summed E-state index contributed by atoms with van der Waals surface area (Å²) in [5.74, 6) is 8.64. The van der Waals surface area contributed by atoms with Crippen molar-refractivity contribution in [1.29, 1.82) is 0 Å². The smallest absolute Gasteiger partial charge is 0.162 e. The van der Waals surface area contributed by atoms with Crippen LogP contribution in [0.25, 0.3) is 28.2 Å². The van der Waals surface area contributed by atoms with Gasteiger partial charge in [-0.25, -0.2) is 4.68 Å². The average Bonchev–Trinajstić information content (AvgIpc) is 3.42. The summed E-state index contributed by atoms with van der Waals surface area (Å²) in [6, 6.07) is 31.8. The van der Waals surface area contributed by atoms with Gasteiger partial charge in [0.1, 0.15) is 5.75 Å². The lowest BCUT2D eigenvalue weighted by atomic mass is 10.0. The molecule has 6 heteroatoms. The molecular formula is C32H25BrN2O3. The Morgan fingerprint density at radius 3 is 2.05 bits per heavy atom. The van der Waals surface area contributed by atoms with E-state index >= 15 is 0 Å². The molecule has 0 aliphatic rings. The highest BCUT2D eigenvalue weighted by molar-refractivity contribution is 9.10. The van der Waals surface area contributed by atoms with E-state index in [1.165, 1.54) is 0 Å². The van der Waals surface area contributed by atoms with E-state index in [4.69, 9.17) is 19.3 Å². The van der Waals surface area contributed by atoms with Crippen molar-refractivity contribution < 1.29 is 14.2 Å². The Labute approximate surface area is 230 Å². The molecule has 1 heterocycles. The van der Waals surface area contributed by atoms with Gasteiger partial charge >= 0.3 is 0 Å². The molecule has 5 aromatic rings. The summed E-state index contributed by atoms with van der Waals surface area (Å²) in [5, 5.41) is 5.00. The number of nitrogens with zero attached hydrogens (tertiary/aromatic N) is 2. The Bertz CT molecular complexity index is 1610. The first-order valence-electron chi connectivity index (χ1n) is 11.9. The Balaban J connectivity index is 1.71. The molecule has 4 aromatic carbocycles. The highest BCUT2D eigenvalue weighted by atomic mass is 79.9. The summed E-state index contributed by atoms with van der Waals surface area (Å²) in [6.45, 7) is 0. The Morgan fingerprint density at radius 1 is 0.711 bits per heavy atom. The van der Waals surface area contributed by atoms with E-state index in [1.54, 1.807) is 21.3 Å². The molecule has 0 radical (unpaired) electrons. The zero-order valence-corrected chi connectivity index (χ0v) is 22.8. The zero-order chi connectivity index (χ0) is 26.5. The summed E-state index contributed by atoms with van der Waals surface area (Å²) in [5.41, 5.74) is 6.22. The molecule has 1 aromatic heterocycles. The van der Waals surface area contributed by atoms with Gasteiger partial charge in [-0.15, -0.1) is 0 Å². The first-order valence-corrected chi connectivity index (χ1v) is 12.7. The minimum Gasteiger partial charge on any atom is -0.497 e. The first-order chi connectivity index (χ1) is 18.6. The normalized spacial score (nSPS) is 10.4. The Kier molecular flexibility index (Phi) is 7.48. The predicted molar refractivity (Wildman–Crippen MR) is 154 cm³/mol. The van der Waals surface area contributed by atoms with Crippen LogP contribution in [0.3, 0.4) is 0 Å². The second-order valence-corrected chi connectivity index (χ2v) is 9.32. The maximum Gasteiger partial charge on any atom is 0.162 e. The van der Waals surface area contributed by atoms with Crippen LogP contribution in [0, 0.1) is 11.8 Å². The van der Waals surface area contributed by atoms with Gasteiger partial charge in [0.25, 0.3) is 0 Å². The number of methoxy groups -OCH3 is 3. The number of benzene rings is 4. The van der Waals surface area contributed by atoms with E-state index < -0.39 is 0 Å². The van der Waals surface area contributed by atoms with E-state index in [-0.39, 0.29) is 0 Å². The van der Waals surface area contributed by atoms with Crippen LogP contribution in [0.4, 0.5) is 0 Å². The molecule has 5 nitrogen and oxygen atoms in total. The average molecular weight is 565 g/mol. The van der Waals surface area contributed by atoms with E-state index in [0.29, 0.717) is 11.5 Å². The number of rotatable bonds is 6. The minimum atomic E-state index is 0.606. The van der Waals surface area contributed by atoms with Gasteiger partial charge in [0.15, 0.2) is 11.5 Å². The Morgan fingerprint density at radius 2 is 1.39 bits per heavy atom. The SMILES string of the molecule is COc1ccc(C#Cc2cc(OC)c(OC)cc2-c2cc(-c3ccc(Br)cc3)nn2-c2ccccc2)cc1. The number of hydrogen-bond donors (Lipinski definition) is 0. The van der Waals surface area contributed by atoms with Gasteiger partial charge < -0.3 is 14.2 Å². The first kappa shape index (κ1) is 25.2. The Hall–Kier alpha value is -4.47. The van der Waals surface area contributed by atoms with Gasteiger partial charge in [-0.1, -0.05) is 58.1 Å². The predicted octanol–water partition coefficient (Wildman–Crippen LogP) is 7.39. The van der Waals surface area contributed by atoms with E-state index in [2.05, 4.69) is 33.8 Å². The molecule has 0 atom stereocenters. The molecule has 0 N–H and O–H groups in total. The molecule has 0 saturated heterocycles. The summed E-state index contributed by atoms with van der Waals surface area (Å²) in [4.78, 5) is 0. The quantitative estimate of drug-likeness (QED) is 0.202. The van der Waals surface area contributed by atoms with Crippen LogP contribution in [0.15, 0.2) is 102 Å². The number of aromatic nitrogens is 2. The highest BCUT2D eigenvalue weighted by Gasteiger charge is 2.19. The molecule has 188 valence electrons. The van der Waals surface area contributed by atoms with Gasteiger partial charge in [-0.3, -0.25) is 0 Å². The van der Waals surface area contributed by atoms with Crippen molar-refractivity contribution in [3.05, 3.63) is 113 Å². The third kappa shape index (κ3) is 5.29. The van der Waals surface area contributed by atoms with Crippen molar-refractivity contribution in [2.24, 2.45) is 0 Å². The summed E-state index contributed by atoms with van der Waals surface area (Å²) < 4.78 is 19.5. The second kappa shape index (κ2) is 11.3. The number of halogens is 1. The standard InChI is InChI=1S/C32H25BrN2O3/c1-36-27-17-10-22(11-18-27)9-12-24-19-31(37-2)32(38-3)20-28(24)30-21-29(23-13-15-25(33)16-14-23)34-35(30)26-7-5-4-6-8-26/h4-8,10-11,13-21H,1-3H3. The number of para-hydroxylation sites is 1. The topological polar surface area (TPSA) is 45.5 Å². The van der Waals surface area contributed by atoms with Gasteiger partial charge in [0.05, 0.1) is 38.4 Å². The summed E-state index contributed by atoms with van der Waals surface area (Å²) >= 11 is 3.52. The molecule has 0 aliphatic carbocycles. The molecule has 0 aliphatic heterocycles. The lowest BCUT2D eigenvalue weighted by Crippen LogP contribution is -2.01. The highest BCUT2D eigenvalue weighted by Crippen LogP contribution is 2.38. The molecule has 0 saturated carbocycles. The van der Waals surface area contributed by atoms with E-state index in [0.717, 1.165) is 49.6 Å². The molecular weight excluding hydrogens is 540 g/mol. The molecule has 0 spiro atoms. The van der Waals surface area contributed by atoms with Crippen molar-refractivity contribution in [3.8, 4) is 57.3 Å². The third-order valence-corrected chi connectivity index (χ3v) is 6.61. The number of ether oxygens (including phenoxy) is 3. The van der Waals surface area contributed by atoms with Crippen LogP contribution < -0.4 is 14.2 Å². The van der Waals surface area contributed by atoms with Crippen molar-refractivity contribution in [2.75, 3.05) is 21.3 Å². The van der Waals surface area contributed by atoms with E-state index in [1.807, 2.05) is 95.7 Å². The third-order valence-electron chi connectivity index (χ3n) is 6.08. The lowest BCUT2D eigenvalue weighted by Gasteiger charge is -2.14. The van der Waals surface area contributed by atoms with Gasteiger partial charge in [-0.2, -0.15) is 5.10 Å². The van der Waals surface area contributed by atoms with Crippen molar-refractivity contribution in [1.82, 2.24) is 9.78 Å². The molecule has 0 fully saturated rings. The largest absolute Gasteiger partial charge is 0.497 e. The minimum absolute atomic E-state index is 0.606. The van der Waals surface area contributed by atoms with Crippen LogP contribution in [0.5, 0.6) is 17.2 Å². The molecule has 5 rings (SSSR count). The van der Waals surface area contributed by atoms with Crippen LogP contribution >= 0.6 is 15.9 Å². The maximum atomic E-state index is 5.67. The van der Waals surface area contributed by atoms with Crippen molar-refractivity contribution in [3.63, 3.8) is 0 Å². The van der Waals surface area contributed by atoms with Gasteiger partial charge in [0, 0.05) is 32.8 Å². The lowest BCUT2D eigenvalue weighted by molar-refractivity contribution is 0.355. The second-order valence-electron chi connectivity index (χ2n) is 8.40. The fraction of sp³-hybridized carbons (Fsp3) is 0.0938. The monoisotopic (exact) mass is 564 g/mol. The zero-order valence-electron chi connectivity index (χ0n) is 21.2. The summed E-state index contributed by atoms with van der Waals surface area (Å²) in [7, 11) is 4.90. The van der Waals surface area contributed by atoms with Gasteiger partial charge in [-0.05, 0) is 60.7 Å². The van der Waals surface area contributed by atoms with Gasteiger partial charge in [0.2, 0.25) is 0 Å². The van der Waals surface area contributed by atoms with Crippen LogP contribution in [0.1, 0.15) is 11.1 Å². The molecule has 0 bridgehead atoms. The van der Waals surface area contributed by atoms with Crippen molar-refractivity contribution in [2.45, 2.75) is 0 Å². The van der Waals surface area contributed by atoms with Crippen molar-refractivity contribution >= 4 is 15.9 Å². The van der Waals surface area contributed by atoms with Crippen LogP contribution in [-0.2, 0) is 0 Å². The fourth-order valence-electron chi connectivity index (χ4n) is 4.11.